The van der Waals surface area contributed by atoms with E-state index < -0.39 is 12.0 Å². The predicted molar refractivity (Wildman–Crippen MR) is 106 cm³/mol. The fourth-order valence-corrected chi connectivity index (χ4v) is 4.44. The second-order valence-electron chi connectivity index (χ2n) is 6.01. The molecular formula is C16H22N4O3S3. The van der Waals surface area contributed by atoms with Gasteiger partial charge in [-0.05, 0) is 30.2 Å². The van der Waals surface area contributed by atoms with Gasteiger partial charge in [-0.3, -0.25) is 4.79 Å². The number of carbonyl (C=O) groups is 2. The first-order chi connectivity index (χ1) is 12.4. The first-order valence-corrected chi connectivity index (χ1v) is 10.9. The summed E-state index contributed by atoms with van der Waals surface area (Å²) in [4.78, 5) is 24.5. The SMILES string of the molecule is CC(C)CC(NC(=O)CSc1nnc(NCCc2cccs2)s1)C(=O)O. The molecule has 0 aromatic carbocycles. The molecule has 3 N–H and O–H groups in total. The third-order valence-electron chi connectivity index (χ3n) is 3.30. The van der Waals surface area contributed by atoms with Crippen molar-refractivity contribution in [3.63, 3.8) is 0 Å². The maximum atomic E-state index is 12.0. The number of hydrogen-bond donors (Lipinski definition) is 3. The minimum Gasteiger partial charge on any atom is -0.480 e. The van der Waals surface area contributed by atoms with Gasteiger partial charge in [-0.25, -0.2) is 4.79 Å². The first kappa shape index (κ1) is 20.7. The minimum atomic E-state index is -1.01. The maximum Gasteiger partial charge on any atom is 0.326 e. The molecule has 0 fully saturated rings. The Labute approximate surface area is 164 Å². The molecule has 1 unspecified atom stereocenters. The van der Waals surface area contributed by atoms with Gasteiger partial charge in [0.1, 0.15) is 6.04 Å². The molecule has 142 valence electrons. The number of thioether (sulfide) groups is 1. The number of rotatable bonds is 11. The van der Waals surface area contributed by atoms with E-state index in [-0.39, 0.29) is 17.6 Å². The van der Waals surface area contributed by atoms with Gasteiger partial charge in [0.25, 0.3) is 0 Å². The highest BCUT2D eigenvalue weighted by atomic mass is 32.2. The van der Waals surface area contributed by atoms with E-state index >= 15 is 0 Å². The largest absolute Gasteiger partial charge is 0.480 e. The van der Waals surface area contributed by atoms with E-state index in [1.165, 1.54) is 28.0 Å². The minimum absolute atomic E-state index is 0.117. The molecular weight excluding hydrogens is 392 g/mol. The summed E-state index contributed by atoms with van der Waals surface area (Å²) in [6.07, 6.45) is 1.33. The average molecular weight is 415 g/mol. The van der Waals surface area contributed by atoms with Crippen LogP contribution >= 0.6 is 34.4 Å². The van der Waals surface area contributed by atoms with E-state index in [0.717, 1.165) is 13.0 Å². The van der Waals surface area contributed by atoms with Crippen molar-refractivity contribution in [2.75, 3.05) is 17.6 Å². The Morgan fingerprint density at radius 2 is 2.15 bits per heavy atom. The Morgan fingerprint density at radius 3 is 2.81 bits per heavy atom. The van der Waals surface area contributed by atoms with E-state index in [1.54, 1.807) is 11.3 Å². The van der Waals surface area contributed by atoms with E-state index in [4.69, 9.17) is 5.11 Å². The third kappa shape index (κ3) is 7.30. The lowest BCUT2D eigenvalue weighted by Gasteiger charge is -2.16. The molecule has 26 heavy (non-hydrogen) atoms. The van der Waals surface area contributed by atoms with Crippen molar-refractivity contribution in [3.8, 4) is 0 Å². The number of hydrogen-bond acceptors (Lipinski definition) is 8. The van der Waals surface area contributed by atoms with Crippen LogP contribution in [0.2, 0.25) is 0 Å². The Balaban J connectivity index is 1.72. The van der Waals surface area contributed by atoms with Crippen LogP contribution < -0.4 is 10.6 Å². The van der Waals surface area contributed by atoms with Gasteiger partial charge in [-0.2, -0.15) is 0 Å². The molecule has 2 aromatic rings. The van der Waals surface area contributed by atoms with Gasteiger partial charge in [0.15, 0.2) is 4.34 Å². The zero-order chi connectivity index (χ0) is 18.9. The van der Waals surface area contributed by atoms with Crippen molar-refractivity contribution >= 4 is 51.4 Å². The highest BCUT2D eigenvalue weighted by molar-refractivity contribution is 8.01. The van der Waals surface area contributed by atoms with Crippen LogP contribution in [0.4, 0.5) is 5.13 Å². The molecule has 1 amide bonds. The summed E-state index contributed by atoms with van der Waals surface area (Å²) < 4.78 is 0.675. The van der Waals surface area contributed by atoms with Crippen molar-refractivity contribution in [1.82, 2.24) is 15.5 Å². The number of carboxylic acids is 1. The number of thiophene rings is 1. The van der Waals surface area contributed by atoms with Crippen LogP contribution in [0.5, 0.6) is 0 Å². The number of aromatic nitrogens is 2. The molecule has 2 aromatic heterocycles. The second kappa shape index (κ2) is 10.5. The van der Waals surface area contributed by atoms with E-state index in [1.807, 2.05) is 19.9 Å². The molecule has 0 spiro atoms. The number of carboxylic acid groups (broad SMARTS) is 1. The van der Waals surface area contributed by atoms with E-state index in [0.29, 0.717) is 15.9 Å². The number of aliphatic carboxylic acids is 1. The van der Waals surface area contributed by atoms with Crippen molar-refractivity contribution in [3.05, 3.63) is 22.4 Å². The molecule has 0 saturated carbocycles. The number of nitrogens with zero attached hydrogens (tertiary/aromatic N) is 2. The highest BCUT2D eigenvalue weighted by Gasteiger charge is 2.21. The predicted octanol–water partition coefficient (Wildman–Crippen LogP) is 2.96. The van der Waals surface area contributed by atoms with Gasteiger partial charge in [-0.15, -0.1) is 21.5 Å². The van der Waals surface area contributed by atoms with E-state index in [9.17, 15) is 9.59 Å². The second-order valence-corrected chi connectivity index (χ2v) is 9.24. The van der Waals surface area contributed by atoms with Crippen LogP contribution in [0.25, 0.3) is 0 Å². The molecule has 0 radical (unpaired) electrons. The summed E-state index contributed by atoms with van der Waals surface area (Å²) >= 11 is 4.36. The standard InChI is InChI=1S/C16H22N4O3S3/c1-10(2)8-12(14(22)23)18-13(21)9-25-16-20-19-15(26-16)17-6-5-11-4-3-7-24-11/h3-4,7,10,12H,5-6,8-9H2,1-2H3,(H,17,19)(H,18,21)(H,22,23). The van der Waals surface area contributed by atoms with Crippen LogP contribution in [0.1, 0.15) is 25.1 Å². The Kier molecular flexibility index (Phi) is 8.33. The summed E-state index contributed by atoms with van der Waals surface area (Å²) in [7, 11) is 0. The van der Waals surface area contributed by atoms with Crippen LogP contribution in [0.3, 0.4) is 0 Å². The lowest BCUT2D eigenvalue weighted by Crippen LogP contribution is -2.42. The normalized spacial score (nSPS) is 12.1. The fourth-order valence-electron chi connectivity index (χ4n) is 2.14. The quantitative estimate of drug-likeness (QED) is 0.486. The maximum absolute atomic E-state index is 12.0. The van der Waals surface area contributed by atoms with Gasteiger partial charge in [0.05, 0.1) is 5.75 Å². The van der Waals surface area contributed by atoms with Crippen LogP contribution in [-0.4, -0.2) is 45.5 Å². The summed E-state index contributed by atoms with van der Waals surface area (Å²) in [6, 6.07) is 3.27. The molecule has 0 aliphatic carbocycles. The van der Waals surface area contributed by atoms with Gasteiger partial charge in [0, 0.05) is 11.4 Å². The van der Waals surface area contributed by atoms with Crippen LogP contribution in [0.15, 0.2) is 21.9 Å². The zero-order valence-corrected chi connectivity index (χ0v) is 17.0. The van der Waals surface area contributed by atoms with Gasteiger partial charge < -0.3 is 15.7 Å². The fraction of sp³-hybridized carbons (Fsp3) is 0.500. The summed E-state index contributed by atoms with van der Waals surface area (Å²) in [6.45, 7) is 4.62. The molecule has 0 saturated heterocycles. The summed E-state index contributed by atoms with van der Waals surface area (Å²) in [5, 5.41) is 25.8. The topological polar surface area (TPSA) is 104 Å². The van der Waals surface area contributed by atoms with Crippen LogP contribution in [0, 0.1) is 5.92 Å². The Hall–Kier alpha value is -1.65. The number of amides is 1. The molecule has 10 heteroatoms. The van der Waals surface area contributed by atoms with E-state index in [2.05, 4.69) is 32.3 Å². The third-order valence-corrected chi connectivity index (χ3v) is 6.25. The van der Waals surface area contributed by atoms with Crippen LogP contribution in [-0.2, 0) is 16.0 Å². The molecule has 2 rings (SSSR count). The monoisotopic (exact) mass is 414 g/mol. The molecule has 0 bridgehead atoms. The smallest absolute Gasteiger partial charge is 0.326 e. The Morgan fingerprint density at radius 1 is 1.35 bits per heavy atom. The van der Waals surface area contributed by atoms with Crippen molar-refractivity contribution < 1.29 is 14.7 Å². The molecule has 1 atom stereocenters. The van der Waals surface area contributed by atoms with Gasteiger partial charge in [0.2, 0.25) is 11.0 Å². The van der Waals surface area contributed by atoms with Crippen molar-refractivity contribution in [2.24, 2.45) is 5.92 Å². The number of anilines is 1. The molecule has 2 heterocycles. The first-order valence-electron chi connectivity index (χ1n) is 8.18. The Bertz CT molecular complexity index is 703. The van der Waals surface area contributed by atoms with Crippen molar-refractivity contribution in [2.45, 2.75) is 37.1 Å². The number of nitrogens with one attached hydrogen (secondary N) is 2. The zero-order valence-electron chi connectivity index (χ0n) is 14.6. The lowest BCUT2D eigenvalue weighted by atomic mass is 10.0. The molecule has 0 aliphatic heterocycles. The summed E-state index contributed by atoms with van der Waals surface area (Å²) in [5.41, 5.74) is 0. The lowest BCUT2D eigenvalue weighted by molar-refractivity contribution is -0.141. The average Bonchev–Trinajstić information content (AvgIpc) is 3.24. The highest BCUT2D eigenvalue weighted by Crippen LogP contribution is 2.25. The number of carbonyl (C=O) groups excluding carboxylic acids is 1. The molecule has 7 nitrogen and oxygen atoms in total. The summed E-state index contributed by atoms with van der Waals surface area (Å²) in [5.74, 6) is -1.02. The van der Waals surface area contributed by atoms with Gasteiger partial charge in [-0.1, -0.05) is 43.0 Å². The van der Waals surface area contributed by atoms with Crippen molar-refractivity contribution in [1.29, 1.82) is 0 Å². The van der Waals surface area contributed by atoms with Gasteiger partial charge >= 0.3 is 5.97 Å². The molecule has 0 aliphatic rings.